The molecule has 1 N–H and O–H groups in total. The topological polar surface area (TPSA) is 29.1 Å². The van der Waals surface area contributed by atoms with Crippen LogP contribution in [0.15, 0.2) is 0 Å². The fraction of sp³-hybridized carbons (Fsp3) is 0.909. The van der Waals surface area contributed by atoms with Crippen molar-refractivity contribution >= 4 is 13.7 Å². The van der Waals surface area contributed by atoms with Gasteiger partial charge in [0.2, 0.25) is 7.85 Å². The maximum absolute atomic E-state index is 10.7. The highest BCUT2D eigenvalue weighted by molar-refractivity contribution is 6.57. The number of hydrogen-bond acceptors (Lipinski definition) is 1. The van der Waals surface area contributed by atoms with Crippen LogP contribution in [-0.4, -0.2) is 19.7 Å². The smallest absolute Gasteiger partial charge is 0.200 e. The zero-order valence-corrected chi connectivity index (χ0v) is 8.93. The van der Waals surface area contributed by atoms with Crippen molar-refractivity contribution in [3.63, 3.8) is 0 Å². The molecule has 1 aliphatic carbocycles. The Labute approximate surface area is 88.2 Å². The second kappa shape index (κ2) is 6.91. The monoisotopic (exact) mass is 193 g/mol. The molecule has 78 valence electrons. The molecule has 1 aliphatic rings. The van der Waals surface area contributed by atoms with Crippen molar-refractivity contribution < 1.29 is 4.79 Å². The lowest BCUT2D eigenvalue weighted by atomic mass is 9.96. The summed E-state index contributed by atoms with van der Waals surface area (Å²) in [6, 6.07) is 0.325. The lowest BCUT2D eigenvalue weighted by Crippen LogP contribution is -2.34. The van der Waals surface area contributed by atoms with E-state index < -0.39 is 0 Å². The molecule has 1 fully saturated rings. The Balaban J connectivity index is 2.26. The number of carbonyl (C=O) groups excluding carboxylic acids is 1. The molecule has 0 aromatic rings. The molecule has 0 unspecified atom stereocenters. The number of hydrogen-bond donors (Lipinski definition) is 1. The van der Waals surface area contributed by atoms with Crippen LogP contribution in [-0.2, 0) is 0 Å². The minimum absolute atomic E-state index is 0.325. The Morgan fingerprint density at radius 3 is 1.79 bits per heavy atom. The van der Waals surface area contributed by atoms with E-state index in [2.05, 4.69) is 5.32 Å². The van der Waals surface area contributed by atoms with E-state index in [0.717, 1.165) is 12.8 Å². The minimum Gasteiger partial charge on any atom is -0.363 e. The third kappa shape index (κ3) is 5.30. The maximum Gasteiger partial charge on any atom is 0.200 e. The summed E-state index contributed by atoms with van der Waals surface area (Å²) >= 11 is 0. The van der Waals surface area contributed by atoms with Crippen molar-refractivity contribution in [2.75, 3.05) is 0 Å². The summed E-state index contributed by atoms with van der Waals surface area (Å²) in [7, 11) is 5.13. The molecule has 14 heavy (non-hydrogen) atoms. The third-order valence-corrected chi connectivity index (χ3v) is 2.95. The first-order valence-corrected chi connectivity index (χ1v) is 5.85. The number of amides is 1. The molecule has 1 rings (SSSR count). The van der Waals surface area contributed by atoms with E-state index in [9.17, 15) is 4.79 Å². The van der Waals surface area contributed by atoms with Gasteiger partial charge in [0.05, 0.1) is 0 Å². The van der Waals surface area contributed by atoms with Crippen molar-refractivity contribution in [3.8, 4) is 0 Å². The maximum atomic E-state index is 10.7. The second-order valence-electron chi connectivity index (χ2n) is 4.26. The highest BCUT2D eigenvalue weighted by atomic mass is 16.1. The van der Waals surface area contributed by atoms with Gasteiger partial charge in [-0.05, 0) is 12.8 Å². The zero-order valence-electron chi connectivity index (χ0n) is 8.93. The third-order valence-electron chi connectivity index (χ3n) is 2.95. The molecule has 0 aliphatic heterocycles. The van der Waals surface area contributed by atoms with Crippen LogP contribution in [0.1, 0.15) is 57.8 Å². The number of rotatable bonds is 1. The molecule has 0 spiro atoms. The minimum atomic E-state index is -0.368. The van der Waals surface area contributed by atoms with E-state index >= 15 is 0 Å². The molecule has 0 bridgehead atoms. The highest BCUT2D eigenvalue weighted by Gasteiger charge is 2.10. The molecule has 0 saturated heterocycles. The molecular weight excluding hydrogens is 173 g/mol. The lowest BCUT2D eigenvalue weighted by Gasteiger charge is -2.19. The summed E-state index contributed by atoms with van der Waals surface area (Å²) in [4.78, 5) is 10.7. The van der Waals surface area contributed by atoms with E-state index in [-0.39, 0.29) is 5.81 Å². The summed E-state index contributed by atoms with van der Waals surface area (Å²) in [5.41, 5.74) is 0. The predicted molar refractivity (Wildman–Crippen MR) is 59.6 cm³/mol. The summed E-state index contributed by atoms with van der Waals surface area (Å²) in [6.07, 6.45) is 11.3. The number of carbonyl (C=O) groups is 1. The van der Waals surface area contributed by atoms with Gasteiger partial charge in [-0.2, -0.15) is 0 Å². The van der Waals surface area contributed by atoms with Crippen molar-refractivity contribution in [1.29, 1.82) is 0 Å². The predicted octanol–water partition coefficient (Wildman–Crippen LogP) is 2.76. The first kappa shape index (κ1) is 11.6. The second-order valence-corrected chi connectivity index (χ2v) is 4.26. The summed E-state index contributed by atoms with van der Waals surface area (Å²) in [5, 5.41) is 2.84. The van der Waals surface area contributed by atoms with Crippen molar-refractivity contribution in [2.24, 2.45) is 0 Å². The molecule has 0 aromatic carbocycles. The average Bonchev–Trinajstić information content (AvgIpc) is 2.15. The quantitative estimate of drug-likeness (QED) is 0.637. The first-order valence-electron chi connectivity index (χ1n) is 5.85. The summed E-state index contributed by atoms with van der Waals surface area (Å²) in [6.45, 7) is 0. The van der Waals surface area contributed by atoms with Gasteiger partial charge in [0.15, 0.2) is 5.81 Å². The zero-order chi connectivity index (χ0) is 10.2. The Kier molecular flexibility index (Phi) is 5.73. The van der Waals surface area contributed by atoms with Gasteiger partial charge in [-0.15, -0.1) is 0 Å². The van der Waals surface area contributed by atoms with Crippen LogP contribution in [0.4, 0.5) is 4.79 Å². The van der Waals surface area contributed by atoms with Gasteiger partial charge in [-0.1, -0.05) is 44.9 Å². The summed E-state index contributed by atoms with van der Waals surface area (Å²) < 4.78 is 0. The fourth-order valence-corrected chi connectivity index (χ4v) is 2.16. The first-order chi connectivity index (χ1) is 6.79. The Morgan fingerprint density at radius 2 is 1.36 bits per heavy atom. The van der Waals surface area contributed by atoms with Gasteiger partial charge < -0.3 is 5.32 Å². The van der Waals surface area contributed by atoms with Gasteiger partial charge in [-0.3, -0.25) is 4.79 Å². The molecule has 0 atom stereocenters. The SMILES string of the molecule is [B]C(=O)NC1CCCCCCCCC1. The van der Waals surface area contributed by atoms with Crippen LogP contribution in [0.25, 0.3) is 0 Å². The molecule has 0 heterocycles. The van der Waals surface area contributed by atoms with Crippen LogP contribution in [0.3, 0.4) is 0 Å². The van der Waals surface area contributed by atoms with Gasteiger partial charge in [0.25, 0.3) is 0 Å². The number of nitrogens with one attached hydrogen (secondary N) is 1. The molecular formula is C11H20BNO. The average molecular weight is 193 g/mol. The van der Waals surface area contributed by atoms with E-state index in [1.807, 2.05) is 0 Å². The molecule has 0 aromatic heterocycles. The normalized spacial score (nSPS) is 21.4. The van der Waals surface area contributed by atoms with Crippen LogP contribution in [0.2, 0.25) is 0 Å². The molecule has 3 heteroatoms. The lowest BCUT2D eigenvalue weighted by molar-refractivity contribution is 0.253. The van der Waals surface area contributed by atoms with E-state index in [1.54, 1.807) is 0 Å². The van der Waals surface area contributed by atoms with Gasteiger partial charge >= 0.3 is 0 Å². The Hall–Kier alpha value is -0.465. The van der Waals surface area contributed by atoms with Crippen molar-refractivity contribution in [3.05, 3.63) is 0 Å². The van der Waals surface area contributed by atoms with E-state index in [1.165, 1.54) is 44.9 Å². The molecule has 2 nitrogen and oxygen atoms in total. The fourth-order valence-electron chi connectivity index (χ4n) is 2.16. The van der Waals surface area contributed by atoms with E-state index in [4.69, 9.17) is 7.85 Å². The van der Waals surface area contributed by atoms with Gasteiger partial charge in [0, 0.05) is 6.04 Å². The van der Waals surface area contributed by atoms with Crippen LogP contribution in [0, 0.1) is 0 Å². The Morgan fingerprint density at radius 1 is 0.929 bits per heavy atom. The van der Waals surface area contributed by atoms with Crippen LogP contribution >= 0.6 is 0 Å². The van der Waals surface area contributed by atoms with Crippen molar-refractivity contribution in [2.45, 2.75) is 63.8 Å². The van der Waals surface area contributed by atoms with Crippen LogP contribution in [0.5, 0.6) is 0 Å². The van der Waals surface area contributed by atoms with Crippen LogP contribution < -0.4 is 5.32 Å². The van der Waals surface area contributed by atoms with E-state index in [0.29, 0.717) is 6.04 Å². The molecule has 2 radical (unpaired) electrons. The van der Waals surface area contributed by atoms with Gasteiger partial charge in [0.1, 0.15) is 0 Å². The Bertz CT molecular complexity index is 163. The largest absolute Gasteiger partial charge is 0.363 e. The van der Waals surface area contributed by atoms with Crippen molar-refractivity contribution in [1.82, 2.24) is 5.32 Å². The highest BCUT2D eigenvalue weighted by Crippen LogP contribution is 2.16. The summed E-state index contributed by atoms with van der Waals surface area (Å²) in [5.74, 6) is -0.368. The molecule has 1 amide bonds. The molecule has 1 saturated carbocycles. The standard InChI is InChI=1S/C11H20BNO/c12-11(14)13-10-8-6-4-2-1-3-5-7-9-10/h10H,1-9H2,(H,13,14). The van der Waals surface area contributed by atoms with Gasteiger partial charge in [-0.25, -0.2) is 0 Å².